The molecule has 106 valence electrons. The lowest BCUT2D eigenvalue weighted by molar-refractivity contribution is -0.151. The SMILES string of the molecule is CC(C)(C)OC(=O)CSc1nnc(-c2ccccc2)o1. The molecule has 0 aliphatic heterocycles. The van der Waals surface area contributed by atoms with Gasteiger partial charge in [0.25, 0.3) is 5.22 Å². The van der Waals surface area contributed by atoms with Gasteiger partial charge in [0.15, 0.2) is 0 Å². The van der Waals surface area contributed by atoms with Crippen LogP contribution in [0.3, 0.4) is 0 Å². The van der Waals surface area contributed by atoms with Gasteiger partial charge in [-0.15, -0.1) is 10.2 Å². The second-order valence-electron chi connectivity index (χ2n) is 5.11. The number of ether oxygens (including phenoxy) is 1. The van der Waals surface area contributed by atoms with Gasteiger partial charge in [-0.05, 0) is 32.9 Å². The van der Waals surface area contributed by atoms with E-state index < -0.39 is 5.60 Å². The first-order valence-electron chi connectivity index (χ1n) is 6.17. The number of carbonyl (C=O) groups excluding carboxylic acids is 1. The van der Waals surface area contributed by atoms with E-state index in [2.05, 4.69) is 10.2 Å². The largest absolute Gasteiger partial charge is 0.459 e. The fourth-order valence-corrected chi connectivity index (χ4v) is 1.99. The van der Waals surface area contributed by atoms with Gasteiger partial charge >= 0.3 is 5.97 Å². The van der Waals surface area contributed by atoms with Crippen LogP contribution in [0.5, 0.6) is 0 Å². The molecule has 0 saturated carbocycles. The lowest BCUT2D eigenvalue weighted by Gasteiger charge is -2.18. The molecule has 2 aromatic rings. The van der Waals surface area contributed by atoms with Crippen molar-refractivity contribution >= 4 is 17.7 Å². The van der Waals surface area contributed by atoms with Gasteiger partial charge in [0, 0.05) is 5.56 Å². The van der Waals surface area contributed by atoms with Crippen LogP contribution in [0.15, 0.2) is 40.0 Å². The zero-order valence-electron chi connectivity index (χ0n) is 11.6. The molecule has 0 N–H and O–H groups in total. The van der Waals surface area contributed by atoms with Crippen molar-refractivity contribution in [3.05, 3.63) is 30.3 Å². The molecule has 2 rings (SSSR count). The van der Waals surface area contributed by atoms with E-state index in [9.17, 15) is 4.79 Å². The Morgan fingerprint density at radius 1 is 1.25 bits per heavy atom. The molecular formula is C14H16N2O3S. The van der Waals surface area contributed by atoms with Gasteiger partial charge in [-0.1, -0.05) is 30.0 Å². The van der Waals surface area contributed by atoms with Gasteiger partial charge in [0.2, 0.25) is 5.89 Å². The Balaban J connectivity index is 1.92. The molecule has 0 saturated heterocycles. The molecule has 0 radical (unpaired) electrons. The Kier molecular flexibility index (Phi) is 4.44. The van der Waals surface area contributed by atoms with Crippen molar-refractivity contribution in [1.29, 1.82) is 0 Å². The van der Waals surface area contributed by atoms with Crippen molar-refractivity contribution in [2.24, 2.45) is 0 Å². The van der Waals surface area contributed by atoms with E-state index >= 15 is 0 Å². The summed E-state index contributed by atoms with van der Waals surface area (Å²) in [4.78, 5) is 11.6. The van der Waals surface area contributed by atoms with Gasteiger partial charge in [0.05, 0.1) is 0 Å². The summed E-state index contributed by atoms with van der Waals surface area (Å²) in [6, 6.07) is 9.48. The van der Waals surface area contributed by atoms with Gasteiger partial charge in [-0.25, -0.2) is 0 Å². The molecule has 6 heteroatoms. The number of benzene rings is 1. The standard InChI is InChI=1S/C14H16N2O3S/c1-14(2,3)19-11(17)9-20-13-16-15-12(18-13)10-7-5-4-6-8-10/h4-8H,9H2,1-3H3. The maximum absolute atomic E-state index is 11.6. The minimum atomic E-state index is -0.484. The second kappa shape index (κ2) is 6.09. The third kappa shape index (κ3) is 4.38. The molecule has 1 heterocycles. The average molecular weight is 292 g/mol. The van der Waals surface area contributed by atoms with E-state index in [0.717, 1.165) is 5.56 Å². The number of hydrogen-bond acceptors (Lipinski definition) is 6. The first-order valence-corrected chi connectivity index (χ1v) is 7.16. The molecule has 0 aliphatic carbocycles. The predicted molar refractivity (Wildman–Crippen MR) is 76.3 cm³/mol. The summed E-state index contributed by atoms with van der Waals surface area (Å²) in [5, 5.41) is 8.21. The highest BCUT2D eigenvalue weighted by Gasteiger charge is 2.17. The van der Waals surface area contributed by atoms with Gasteiger partial charge in [-0.3, -0.25) is 4.79 Å². The quantitative estimate of drug-likeness (QED) is 0.637. The molecule has 0 unspecified atom stereocenters. The minimum absolute atomic E-state index is 0.147. The molecule has 1 aromatic heterocycles. The van der Waals surface area contributed by atoms with Crippen LogP contribution in [0.4, 0.5) is 0 Å². The van der Waals surface area contributed by atoms with Crippen molar-refractivity contribution < 1.29 is 13.9 Å². The van der Waals surface area contributed by atoms with Gasteiger partial charge in [0.1, 0.15) is 11.4 Å². The van der Waals surface area contributed by atoms with E-state index in [1.165, 1.54) is 11.8 Å². The van der Waals surface area contributed by atoms with Crippen LogP contribution in [0.1, 0.15) is 20.8 Å². The highest BCUT2D eigenvalue weighted by Crippen LogP contribution is 2.23. The zero-order valence-corrected chi connectivity index (χ0v) is 12.4. The number of hydrogen-bond donors (Lipinski definition) is 0. The molecule has 0 amide bonds. The lowest BCUT2D eigenvalue weighted by atomic mass is 10.2. The minimum Gasteiger partial charge on any atom is -0.459 e. The molecule has 0 atom stereocenters. The van der Waals surface area contributed by atoms with Crippen LogP contribution in [-0.2, 0) is 9.53 Å². The van der Waals surface area contributed by atoms with Crippen molar-refractivity contribution in [3.8, 4) is 11.5 Å². The highest BCUT2D eigenvalue weighted by atomic mass is 32.2. The molecular weight excluding hydrogens is 276 g/mol. The summed E-state index contributed by atoms with van der Waals surface area (Å²) in [5.41, 5.74) is 0.367. The highest BCUT2D eigenvalue weighted by molar-refractivity contribution is 7.99. The third-order valence-electron chi connectivity index (χ3n) is 2.16. The van der Waals surface area contributed by atoms with Crippen LogP contribution in [0.2, 0.25) is 0 Å². The van der Waals surface area contributed by atoms with Crippen molar-refractivity contribution in [3.63, 3.8) is 0 Å². The Hall–Kier alpha value is -1.82. The van der Waals surface area contributed by atoms with Crippen LogP contribution in [0.25, 0.3) is 11.5 Å². The number of thioether (sulfide) groups is 1. The average Bonchev–Trinajstić information content (AvgIpc) is 2.84. The van der Waals surface area contributed by atoms with Crippen LogP contribution in [-0.4, -0.2) is 27.5 Å². The number of nitrogens with zero attached hydrogens (tertiary/aromatic N) is 2. The Labute approximate surface area is 121 Å². The Bertz CT molecular complexity index is 576. The van der Waals surface area contributed by atoms with E-state index in [1.807, 2.05) is 51.1 Å². The molecule has 0 fully saturated rings. The molecule has 0 aliphatic rings. The van der Waals surface area contributed by atoms with Crippen LogP contribution >= 0.6 is 11.8 Å². The summed E-state index contributed by atoms with van der Waals surface area (Å²) >= 11 is 1.17. The number of aromatic nitrogens is 2. The monoisotopic (exact) mass is 292 g/mol. The van der Waals surface area contributed by atoms with Crippen LogP contribution < -0.4 is 0 Å². The zero-order chi connectivity index (χ0) is 14.6. The molecule has 5 nitrogen and oxygen atoms in total. The fourth-order valence-electron chi connectivity index (χ4n) is 1.46. The van der Waals surface area contributed by atoms with Crippen molar-refractivity contribution in [2.75, 3.05) is 5.75 Å². The van der Waals surface area contributed by atoms with E-state index in [-0.39, 0.29) is 11.7 Å². The fraction of sp³-hybridized carbons (Fsp3) is 0.357. The third-order valence-corrected chi connectivity index (χ3v) is 2.95. The second-order valence-corrected chi connectivity index (χ2v) is 6.04. The summed E-state index contributed by atoms with van der Waals surface area (Å²) in [7, 11) is 0. The molecule has 0 spiro atoms. The normalized spacial score (nSPS) is 11.3. The maximum atomic E-state index is 11.6. The first kappa shape index (κ1) is 14.6. The van der Waals surface area contributed by atoms with Crippen molar-refractivity contribution in [2.45, 2.75) is 31.6 Å². The summed E-state index contributed by atoms with van der Waals surface area (Å²) in [6.07, 6.45) is 0. The molecule has 0 bridgehead atoms. The lowest BCUT2D eigenvalue weighted by Crippen LogP contribution is -2.24. The van der Waals surface area contributed by atoms with E-state index in [1.54, 1.807) is 0 Å². The van der Waals surface area contributed by atoms with Gasteiger partial charge < -0.3 is 9.15 Å². The predicted octanol–water partition coefficient (Wildman–Crippen LogP) is 3.17. The maximum Gasteiger partial charge on any atom is 0.316 e. The van der Waals surface area contributed by atoms with E-state index in [0.29, 0.717) is 11.1 Å². The summed E-state index contributed by atoms with van der Waals surface area (Å²) in [5.74, 6) is 0.285. The van der Waals surface area contributed by atoms with Crippen LogP contribution in [0, 0.1) is 0 Å². The van der Waals surface area contributed by atoms with Crippen molar-refractivity contribution in [1.82, 2.24) is 10.2 Å². The first-order chi connectivity index (χ1) is 9.44. The summed E-state index contributed by atoms with van der Waals surface area (Å²) < 4.78 is 10.7. The summed E-state index contributed by atoms with van der Waals surface area (Å²) in [6.45, 7) is 5.49. The van der Waals surface area contributed by atoms with Gasteiger partial charge in [-0.2, -0.15) is 0 Å². The number of esters is 1. The Morgan fingerprint density at radius 3 is 2.60 bits per heavy atom. The number of rotatable bonds is 4. The number of carbonyl (C=O) groups is 1. The van der Waals surface area contributed by atoms with E-state index in [4.69, 9.17) is 9.15 Å². The smallest absolute Gasteiger partial charge is 0.316 e. The molecule has 1 aromatic carbocycles. The molecule has 20 heavy (non-hydrogen) atoms. The Morgan fingerprint density at radius 2 is 1.95 bits per heavy atom. The topological polar surface area (TPSA) is 65.2 Å².